The predicted molar refractivity (Wildman–Crippen MR) is 76.9 cm³/mol. The summed E-state index contributed by atoms with van der Waals surface area (Å²) in [5.74, 6) is -0.753. The van der Waals surface area contributed by atoms with E-state index in [4.69, 9.17) is 0 Å². The first-order valence-corrected chi connectivity index (χ1v) is 6.88. The molecule has 1 atom stereocenters. The first-order valence-electron chi connectivity index (χ1n) is 6.00. The number of aryl methyl sites for hydroxylation is 1. The van der Waals surface area contributed by atoms with Crippen LogP contribution in [0, 0.1) is 12.8 Å². The molecule has 0 aliphatic rings. The Bertz CT molecular complexity index is 479. The predicted octanol–water partition coefficient (Wildman–Crippen LogP) is 2.34. The maximum absolute atomic E-state index is 11.9. The van der Waals surface area contributed by atoms with Crippen LogP contribution in [-0.2, 0) is 14.3 Å². The largest absolute Gasteiger partial charge is 0.469 e. The number of thiophene rings is 1. The Morgan fingerprint density at radius 2 is 2.21 bits per heavy atom. The minimum absolute atomic E-state index is 0.122. The highest BCUT2D eigenvalue weighted by molar-refractivity contribution is 7.11. The Balaban J connectivity index is 2.56. The Morgan fingerprint density at radius 1 is 1.53 bits per heavy atom. The normalized spacial score (nSPS) is 12.4. The summed E-state index contributed by atoms with van der Waals surface area (Å²) in [6.07, 6.45) is 3.34. The van der Waals surface area contributed by atoms with E-state index >= 15 is 0 Å². The zero-order valence-corrected chi connectivity index (χ0v) is 12.5. The fourth-order valence-corrected chi connectivity index (χ4v) is 2.43. The minimum Gasteiger partial charge on any atom is -0.469 e. The van der Waals surface area contributed by atoms with Gasteiger partial charge in [-0.05, 0) is 30.0 Å². The monoisotopic (exact) mass is 281 g/mol. The summed E-state index contributed by atoms with van der Waals surface area (Å²) in [6, 6.07) is 2.01. The van der Waals surface area contributed by atoms with Gasteiger partial charge in [-0.3, -0.25) is 9.59 Å². The number of hydrogen-bond acceptors (Lipinski definition) is 4. The number of hydrogen-bond donors (Lipinski definition) is 0. The molecule has 0 aliphatic carbocycles. The SMILES string of the molecule is COC(=O)C(C)CN(C)C(=O)/C=C/c1sccc1C. The van der Waals surface area contributed by atoms with Crippen molar-refractivity contribution >= 4 is 29.3 Å². The lowest BCUT2D eigenvalue weighted by molar-refractivity contribution is -0.145. The van der Waals surface area contributed by atoms with Crippen LogP contribution < -0.4 is 0 Å². The van der Waals surface area contributed by atoms with E-state index in [1.807, 2.05) is 24.4 Å². The Morgan fingerprint density at radius 3 is 2.74 bits per heavy atom. The number of amides is 1. The van der Waals surface area contributed by atoms with E-state index in [1.165, 1.54) is 18.1 Å². The molecule has 1 unspecified atom stereocenters. The van der Waals surface area contributed by atoms with Crippen LogP contribution in [0.3, 0.4) is 0 Å². The summed E-state index contributed by atoms with van der Waals surface area (Å²) < 4.78 is 4.63. The van der Waals surface area contributed by atoms with E-state index in [2.05, 4.69) is 4.74 Å². The molecule has 4 nitrogen and oxygen atoms in total. The number of likely N-dealkylation sites (N-methyl/N-ethyl adjacent to an activating group) is 1. The number of carbonyl (C=O) groups is 2. The van der Waals surface area contributed by atoms with Crippen molar-refractivity contribution in [3.63, 3.8) is 0 Å². The fraction of sp³-hybridized carbons (Fsp3) is 0.429. The van der Waals surface area contributed by atoms with Crippen LogP contribution in [-0.4, -0.2) is 37.5 Å². The molecule has 1 rings (SSSR count). The van der Waals surface area contributed by atoms with Crippen molar-refractivity contribution in [1.29, 1.82) is 0 Å². The second kappa shape index (κ2) is 7.09. The fourth-order valence-electron chi connectivity index (χ4n) is 1.61. The van der Waals surface area contributed by atoms with E-state index < -0.39 is 0 Å². The number of carbonyl (C=O) groups excluding carboxylic acids is 2. The van der Waals surface area contributed by atoms with Crippen molar-refractivity contribution in [2.24, 2.45) is 5.92 Å². The summed E-state index contributed by atoms with van der Waals surface area (Å²) in [4.78, 5) is 25.8. The third-order valence-electron chi connectivity index (χ3n) is 2.81. The lowest BCUT2D eigenvalue weighted by Crippen LogP contribution is -2.33. The molecule has 0 aliphatic heterocycles. The van der Waals surface area contributed by atoms with Crippen LogP contribution in [0.5, 0.6) is 0 Å². The van der Waals surface area contributed by atoms with Crippen LogP contribution in [0.25, 0.3) is 6.08 Å². The van der Waals surface area contributed by atoms with Crippen LogP contribution in [0.4, 0.5) is 0 Å². The molecule has 0 aromatic carbocycles. The Hall–Kier alpha value is -1.62. The maximum atomic E-state index is 11.9. The molecule has 0 saturated carbocycles. The first-order chi connectivity index (χ1) is 8.95. The molecular formula is C14H19NO3S. The first kappa shape index (κ1) is 15.4. The molecule has 1 heterocycles. The molecule has 5 heteroatoms. The van der Waals surface area contributed by atoms with Gasteiger partial charge in [0.1, 0.15) is 0 Å². The molecule has 0 bridgehead atoms. The number of nitrogens with zero attached hydrogens (tertiary/aromatic N) is 1. The molecule has 0 fully saturated rings. The summed E-state index contributed by atoms with van der Waals surface area (Å²) in [5.41, 5.74) is 1.15. The van der Waals surface area contributed by atoms with E-state index in [0.29, 0.717) is 6.54 Å². The smallest absolute Gasteiger partial charge is 0.310 e. The Labute approximate surface area is 117 Å². The second-order valence-electron chi connectivity index (χ2n) is 4.44. The van der Waals surface area contributed by atoms with Crippen molar-refractivity contribution in [1.82, 2.24) is 4.90 Å². The molecule has 104 valence electrons. The molecule has 0 spiro atoms. The van der Waals surface area contributed by atoms with Gasteiger partial charge in [0, 0.05) is 24.5 Å². The summed E-state index contributed by atoms with van der Waals surface area (Å²) in [5, 5.41) is 1.99. The number of ether oxygens (including phenoxy) is 1. The quantitative estimate of drug-likeness (QED) is 0.615. The van der Waals surface area contributed by atoms with Crippen molar-refractivity contribution in [2.45, 2.75) is 13.8 Å². The van der Waals surface area contributed by atoms with Gasteiger partial charge < -0.3 is 9.64 Å². The van der Waals surface area contributed by atoms with Gasteiger partial charge in [0.15, 0.2) is 0 Å². The molecule has 0 saturated heterocycles. The summed E-state index contributed by atoms with van der Waals surface area (Å²) in [6.45, 7) is 4.09. The van der Waals surface area contributed by atoms with Crippen molar-refractivity contribution in [3.8, 4) is 0 Å². The van der Waals surface area contributed by atoms with Crippen molar-refractivity contribution in [2.75, 3.05) is 20.7 Å². The van der Waals surface area contributed by atoms with Gasteiger partial charge in [-0.1, -0.05) is 6.92 Å². The van der Waals surface area contributed by atoms with Crippen LogP contribution in [0.2, 0.25) is 0 Å². The molecule has 1 amide bonds. The van der Waals surface area contributed by atoms with E-state index in [1.54, 1.807) is 25.3 Å². The summed E-state index contributed by atoms with van der Waals surface area (Å²) >= 11 is 1.59. The zero-order chi connectivity index (χ0) is 14.4. The van der Waals surface area contributed by atoms with E-state index in [-0.39, 0.29) is 17.8 Å². The lowest BCUT2D eigenvalue weighted by atomic mass is 10.1. The zero-order valence-electron chi connectivity index (χ0n) is 11.7. The van der Waals surface area contributed by atoms with Gasteiger partial charge >= 0.3 is 5.97 Å². The van der Waals surface area contributed by atoms with Crippen molar-refractivity contribution in [3.05, 3.63) is 28.0 Å². The highest BCUT2D eigenvalue weighted by Crippen LogP contribution is 2.17. The van der Waals surface area contributed by atoms with Gasteiger partial charge in [0.25, 0.3) is 0 Å². The molecule has 0 N–H and O–H groups in total. The van der Waals surface area contributed by atoms with E-state index in [0.717, 1.165) is 10.4 Å². The standard InChI is InChI=1S/C14H19NO3S/c1-10-7-8-19-12(10)5-6-13(16)15(3)9-11(2)14(17)18-4/h5-8,11H,9H2,1-4H3/b6-5+. The van der Waals surface area contributed by atoms with E-state index in [9.17, 15) is 9.59 Å². The number of rotatable bonds is 5. The number of esters is 1. The average molecular weight is 281 g/mol. The number of methoxy groups -OCH3 is 1. The Kier molecular flexibility index (Phi) is 5.76. The average Bonchev–Trinajstić information content (AvgIpc) is 2.80. The molecule has 1 aromatic heterocycles. The van der Waals surface area contributed by atoms with Crippen LogP contribution >= 0.6 is 11.3 Å². The second-order valence-corrected chi connectivity index (χ2v) is 5.39. The summed E-state index contributed by atoms with van der Waals surface area (Å²) in [7, 11) is 3.02. The van der Waals surface area contributed by atoms with Gasteiger partial charge in [-0.15, -0.1) is 11.3 Å². The van der Waals surface area contributed by atoms with Gasteiger partial charge in [0.2, 0.25) is 5.91 Å². The topological polar surface area (TPSA) is 46.6 Å². The third-order valence-corrected chi connectivity index (χ3v) is 3.79. The molecule has 19 heavy (non-hydrogen) atoms. The molecule has 0 radical (unpaired) electrons. The van der Waals surface area contributed by atoms with Gasteiger partial charge in [-0.2, -0.15) is 0 Å². The molecule has 1 aromatic rings. The van der Waals surface area contributed by atoms with Crippen LogP contribution in [0.15, 0.2) is 17.5 Å². The lowest BCUT2D eigenvalue weighted by Gasteiger charge is -2.18. The third kappa shape index (κ3) is 4.52. The maximum Gasteiger partial charge on any atom is 0.310 e. The highest BCUT2D eigenvalue weighted by atomic mass is 32.1. The minimum atomic E-state index is -0.323. The van der Waals surface area contributed by atoms with Crippen LogP contribution in [0.1, 0.15) is 17.4 Å². The van der Waals surface area contributed by atoms with Gasteiger partial charge in [0.05, 0.1) is 13.0 Å². The van der Waals surface area contributed by atoms with Crippen molar-refractivity contribution < 1.29 is 14.3 Å². The molecular weight excluding hydrogens is 262 g/mol. The van der Waals surface area contributed by atoms with Gasteiger partial charge in [-0.25, -0.2) is 0 Å². The highest BCUT2D eigenvalue weighted by Gasteiger charge is 2.17.